The number of rotatable bonds is 8. The first-order chi connectivity index (χ1) is 14.0. The third kappa shape index (κ3) is 6.27. The predicted molar refractivity (Wildman–Crippen MR) is 125 cm³/mol. The van der Waals surface area contributed by atoms with Gasteiger partial charge in [-0.3, -0.25) is 14.5 Å². The Labute approximate surface area is 181 Å². The average molecular weight is 425 g/mol. The van der Waals surface area contributed by atoms with Gasteiger partial charge in [-0.05, 0) is 43.5 Å². The molecule has 0 atom stereocenters. The molecular formula is C23H24N2O2S2. The number of anilines is 1. The number of carbonyl (C=O) groups excluding carboxylic acids is 2. The van der Waals surface area contributed by atoms with E-state index in [1.54, 1.807) is 4.90 Å². The van der Waals surface area contributed by atoms with E-state index in [0.717, 1.165) is 30.5 Å². The Morgan fingerprint density at radius 1 is 1.07 bits per heavy atom. The van der Waals surface area contributed by atoms with Crippen LogP contribution in [0.15, 0.2) is 59.5 Å². The van der Waals surface area contributed by atoms with Crippen LogP contribution in [0.2, 0.25) is 0 Å². The molecule has 0 aliphatic carbocycles. The van der Waals surface area contributed by atoms with Crippen molar-refractivity contribution in [1.82, 2.24) is 4.90 Å². The second-order valence-electron chi connectivity index (χ2n) is 6.97. The minimum atomic E-state index is -0.0256. The summed E-state index contributed by atoms with van der Waals surface area (Å²) in [5.74, 6) is -0.00904. The Kier molecular flexibility index (Phi) is 7.61. The van der Waals surface area contributed by atoms with Gasteiger partial charge < -0.3 is 5.32 Å². The Balaban J connectivity index is 1.41. The third-order valence-electron chi connectivity index (χ3n) is 4.59. The van der Waals surface area contributed by atoms with E-state index < -0.39 is 0 Å². The summed E-state index contributed by atoms with van der Waals surface area (Å²) in [5.41, 5.74) is 3.00. The molecule has 1 heterocycles. The van der Waals surface area contributed by atoms with Crippen molar-refractivity contribution >= 4 is 51.9 Å². The van der Waals surface area contributed by atoms with Gasteiger partial charge in [0.05, 0.1) is 4.91 Å². The SMILES string of the molecule is Cc1ccc(C=C2SC(=S)N(CCCCCC(=O)Nc3ccccc3)C2=O)cc1. The number of hydrogen-bond acceptors (Lipinski definition) is 4. The first-order valence-electron chi connectivity index (χ1n) is 9.70. The van der Waals surface area contributed by atoms with Gasteiger partial charge in [-0.2, -0.15) is 0 Å². The molecule has 2 aromatic rings. The van der Waals surface area contributed by atoms with Crippen LogP contribution in [0.1, 0.15) is 36.8 Å². The fourth-order valence-corrected chi connectivity index (χ4v) is 4.29. The van der Waals surface area contributed by atoms with E-state index in [2.05, 4.69) is 5.32 Å². The molecule has 0 aromatic heterocycles. The monoisotopic (exact) mass is 424 g/mol. The van der Waals surface area contributed by atoms with Crippen molar-refractivity contribution in [2.24, 2.45) is 0 Å². The minimum Gasteiger partial charge on any atom is -0.326 e. The van der Waals surface area contributed by atoms with Crippen molar-refractivity contribution in [1.29, 1.82) is 0 Å². The minimum absolute atomic E-state index is 0.0165. The second kappa shape index (κ2) is 10.4. The van der Waals surface area contributed by atoms with Gasteiger partial charge in [0.25, 0.3) is 5.91 Å². The molecule has 0 saturated carbocycles. The van der Waals surface area contributed by atoms with Gasteiger partial charge in [-0.15, -0.1) is 0 Å². The maximum atomic E-state index is 12.6. The largest absolute Gasteiger partial charge is 0.326 e. The molecule has 1 N–H and O–H groups in total. The van der Waals surface area contributed by atoms with Crippen LogP contribution >= 0.6 is 24.0 Å². The van der Waals surface area contributed by atoms with E-state index in [4.69, 9.17) is 12.2 Å². The Morgan fingerprint density at radius 2 is 1.79 bits per heavy atom. The fourth-order valence-electron chi connectivity index (χ4n) is 2.98. The van der Waals surface area contributed by atoms with Crippen molar-refractivity contribution in [3.05, 3.63) is 70.6 Å². The maximum absolute atomic E-state index is 12.6. The molecule has 1 saturated heterocycles. The summed E-state index contributed by atoms with van der Waals surface area (Å²) in [5, 5.41) is 2.89. The topological polar surface area (TPSA) is 49.4 Å². The van der Waals surface area contributed by atoms with Gasteiger partial charge in [0, 0.05) is 18.7 Å². The van der Waals surface area contributed by atoms with Crippen molar-refractivity contribution in [3.8, 4) is 0 Å². The summed E-state index contributed by atoms with van der Waals surface area (Å²) in [4.78, 5) is 27.0. The van der Waals surface area contributed by atoms with Crippen LogP contribution in [0.25, 0.3) is 6.08 Å². The number of benzene rings is 2. The van der Waals surface area contributed by atoms with Crippen LogP contribution in [-0.4, -0.2) is 27.6 Å². The number of hydrogen-bond donors (Lipinski definition) is 1. The molecule has 1 aliphatic heterocycles. The second-order valence-corrected chi connectivity index (χ2v) is 8.64. The number of amides is 2. The molecule has 0 bridgehead atoms. The Bertz CT molecular complexity index is 908. The number of para-hydroxylation sites is 1. The lowest BCUT2D eigenvalue weighted by Gasteiger charge is -2.14. The van der Waals surface area contributed by atoms with Gasteiger partial charge in [0.15, 0.2) is 0 Å². The van der Waals surface area contributed by atoms with Crippen LogP contribution in [0.5, 0.6) is 0 Å². The highest BCUT2D eigenvalue weighted by atomic mass is 32.2. The summed E-state index contributed by atoms with van der Waals surface area (Å²) in [6.45, 7) is 2.63. The molecule has 1 aliphatic rings. The average Bonchev–Trinajstić information content (AvgIpc) is 2.97. The smallest absolute Gasteiger partial charge is 0.266 e. The van der Waals surface area contributed by atoms with Crippen LogP contribution < -0.4 is 5.32 Å². The zero-order valence-corrected chi connectivity index (χ0v) is 18.0. The standard InChI is InChI=1S/C23H24N2O2S2/c1-17-11-13-18(14-12-17)16-20-22(27)25(23(28)29-20)15-7-3-6-10-21(26)24-19-8-4-2-5-9-19/h2,4-5,8-9,11-14,16H,3,6-7,10,15H2,1H3,(H,24,26). The van der Waals surface area contributed by atoms with Crippen LogP contribution in [-0.2, 0) is 9.59 Å². The van der Waals surface area contributed by atoms with E-state index in [0.29, 0.717) is 22.2 Å². The lowest BCUT2D eigenvalue weighted by Crippen LogP contribution is -2.29. The summed E-state index contributed by atoms with van der Waals surface area (Å²) in [6.07, 6.45) is 4.85. The summed E-state index contributed by atoms with van der Waals surface area (Å²) < 4.78 is 0.607. The fraction of sp³-hybridized carbons (Fsp3) is 0.261. The molecule has 0 radical (unpaired) electrons. The number of unbranched alkanes of at least 4 members (excludes halogenated alkanes) is 2. The molecule has 6 heteroatoms. The summed E-state index contributed by atoms with van der Waals surface area (Å²) in [6, 6.07) is 17.5. The molecule has 3 rings (SSSR count). The summed E-state index contributed by atoms with van der Waals surface area (Å²) in [7, 11) is 0. The van der Waals surface area contributed by atoms with Crippen molar-refractivity contribution in [3.63, 3.8) is 0 Å². The molecule has 150 valence electrons. The Hall–Kier alpha value is -2.44. The van der Waals surface area contributed by atoms with E-state index in [1.165, 1.54) is 17.3 Å². The molecular weight excluding hydrogens is 400 g/mol. The van der Waals surface area contributed by atoms with Crippen LogP contribution in [0.4, 0.5) is 5.69 Å². The van der Waals surface area contributed by atoms with Crippen LogP contribution in [0, 0.1) is 6.92 Å². The number of carbonyl (C=O) groups is 2. The van der Waals surface area contributed by atoms with Gasteiger partial charge in [0.1, 0.15) is 4.32 Å². The zero-order valence-electron chi connectivity index (χ0n) is 16.4. The van der Waals surface area contributed by atoms with Crippen molar-refractivity contribution in [2.45, 2.75) is 32.6 Å². The molecule has 29 heavy (non-hydrogen) atoms. The first-order valence-corrected chi connectivity index (χ1v) is 10.9. The quantitative estimate of drug-likeness (QED) is 0.350. The van der Waals surface area contributed by atoms with E-state index in [-0.39, 0.29) is 11.8 Å². The number of thiocarbonyl (C=S) groups is 1. The van der Waals surface area contributed by atoms with Crippen molar-refractivity contribution in [2.75, 3.05) is 11.9 Å². The zero-order chi connectivity index (χ0) is 20.6. The number of nitrogens with zero attached hydrogens (tertiary/aromatic N) is 1. The highest BCUT2D eigenvalue weighted by Crippen LogP contribution is 2.32. The summed E-state index contributed by atoms with van der Waals surface area (Å²) >= 11 is 6.74. The maximum Gasteiger partial charge on any atom is 0.266 e. The highest BCUT2D eigenvalue weighted by Gasteiger charge is 2.31. The number of aryl methyl sites for hydroxylation is 1. The Morgan fingerprint density at radius 3 is 2.52 bits per heavy atom. The van der Waals surface area contributed by atoms with E-state index in [9.17, 15) is 9.59 Å². The normalized spacial score (nSPS) is 15.2. The molecule has 2 aromatic carbocycles. The first kappa shape index (κ1) is 21.3. The molecule has 0 spiro atoms. The van der Waals surface area contributed by atoms with Gasteiger partial charge in [-0.1, -0.05) is 78.4 Å². The lowest BCUT2D eigenvalue weighted by atomic mass is 10.1. The molecule has 0 unspecified atom stereocenters. The lowest BCUT2D eigenvalue weighted by molar-refractivity contribution is -0.122. The van der Waals surface area contributed by atoms with E-state index >= 15 is 0 Å². The number of nitrogens with one attached hydrogen (secondary N) is 1. The highest BCUT2D eigenvalue weighted by molar-refractivity contribution is 8.26. The molecule has 2 amide bonds. The third-order valence-corrected chi connectivity index (χ3v) is 5.97. The number of thioether (sulfide) groups is 1. The van der Waals surface area contributed by atoms with Crippen LogP contribution in [0.3, 0.4) is 0 Å². The molecule has 4 nitrogen and oxygen atoms in total. The predicted octanol–water partition coefficient (Wildman–Crippen LogP) is 5.40. The van der Waals surface area contributed by atoms with Gasteiger partial charge >= 0.3 is 0 Å². The van der Waals surface area contributed by atoms with Crippen molar-refractivity contribution < 1.29 is 9.59 Å². The van der Waals surface area contributed by atoms with Gasteiger partial charge in [-0.25, -0.2) is 0 Å². The molecule has 1 fully saturated rings. The van der Waals surface area contributed by atoms with E-state index in [1.807, 2.05) is 67.6 Å². The van der Waals surface area contributed by atoms with Gasteiger partial charge in [0.2, 0.25) is 5.91 Å².